The summed E-state index contributed by atoms with van der Waals surface area (Å²) in [5, 5.41) is 17.2. The number of hydrogen-bond acceptors (Lipinski definition) is 7. The first-order valence-corrected chi connectivity index (χ1v) is 12.8. The summed E-state index contributed by atoms with van der Waals surface area (Å²) < 4.78 is 15.6. The number of amides is 1. The molecule has 0 radical (unpaired) electrons. The van der Waals surface area contributed by atoms with Crippen LogP contribution in [0.1, 0.15) is 40.7 Å². The molecule has 1 saturated heterocycles. The number of hydrogen-bond donors (Lipinski definition) is 1. The molecule has 4 heterocycles. The van der Waals surface area contributed by atoms with Gasteiger partial charge in [0, 0.05) is 50.8 Å². The Morgan fingerprint density at radius 3 is 2.94 bits per heavy atom. The molecule has 1 amide bonds. The fourth-order valence-electron chi connectivity index (χ4n) is 4.67. The number of likely N-dealkylation sites (tertiary alicyclic amines) is 1. The van der Waals surface area contributed by atoms with Crippen molar-refractivity contribution in [1.82, 2.24) is 35.0 Å². The third-order valence-electron chi connectivity index (χ3n) is 6.54. The van der Waals surface area contributed by atoms with E-state index in [2.05, 4.69) is 32.6 Å². The molecular weight excluding hydrogens is 505 g/mol. The number of halogens is 2. The number of benzene rings is 1. The van der Waals surface area contributed by atoms with Gasteiger partial charge in [0.2, 0.25) is 0 Å². The molecule has 2 atom stereocenters. The van der Waals surface area contributed by atoms with E-state index in [0.717, 1.165) is 23.4 Å². The number of carbonyl (C=O) groups is 1. The molecule has 0 saturated carbocycles. The number of nitrogens with zero attached hydrogens (tertiary/aromatic N) is 6. The molecule has 2 aliphatic rings. The summed E-state index contributed by atoms with van der Waals surface area (Å²) in [7, 11) is 1.85. The van der Waals surface area contributed by atoms with Crippen molar-refractivity contribution in [3.63, 3.8) is 0 Å². The van der Waals surface area contributed by atoms with Crippen LogP contribution in [0.5, 0.6) is 5.75 Å². The first kappa shape index (κ1) is 25.0. The van der Waals surface area contributed by atoms with Gasteiger partial charge in [-0.15, -0.1) is 5.10 Å². The van der Waals surface area contributed by atoms with Crippen LogP contribution < -0.4 is 10.1 Å². The molecule has 2 aromatic heterocycles. The summed E-state index contributed by atoms with van der Waals surface area (Å²) >= 11 is 12.9. The Balaban J connectivity index is 1.39. The van der Waals surface area contributed by atoms with Crippen molar-refractivity contribution >= 4 is 29.1 Å². The van der Waals surface area contributed by atoms with E-state index in [0.29, 0.717) is 67.3 Å². The highest BCUT2D eigenvalue weighted by atomic mass is 35.5. The van der Waals surface area contributed by atoms with Crippen molar-refractivity contribution in [2.24, 2.45) is 7.05 Å². The lowest BCUT2D eigenvalue weighted by Crippen LogP contribution is -2.44. The summed E-state index contributed by atoms with van der Waals surface area (Å²) in [6, 6.07) is 4.83. The largest absolute Gasteiger partial charge is 0.492 e. The van der Waals surface area contributed by atoms with Crippen molar-refractivity contribution in [1.29, 1.82) is 0 Å². The highest BCUT2D eigenvalue weighted by Gasteiger charge is 2.36. The zero-order valence-electron chi connectivity index (χ0n) is 20.3. The summed E-state index contributed by atoms with van der Waals surface area (Å²) in [6.45, 7) is 5.31. The van der Waals surface area contributed by atoms with Crippen molar-refractivity contribution in [2.75, 3.05) is 19.7 Å². The normalized spacial score (nSPS) is 21.2. The van der Waals surface area contributed by atoms with E-state index in [4.69, 9.17) is 32.7 Å². The van der Waals surface area contributed by atoms with Gasteiger partial charge < -0.3 is 14.8 Å². The second kappa shape index (κ2) is 10.8. The molecule has 0 spiro atoms. The molecule has 0 unspecified atom stereocenters. The highest BCUT2D eigenvalue weighted by Crippen LogP contribution is 2.27. The molecule has 0 aliphatic carbocycles. The lowest BCUT2D eigenvalue weighted by Gasteiger charge is -2.20. The highest BCUT2D eigenvalue weighted by molar-refractivity contribution is 6.32. The van der Waals surface area contributed by atoms with Crippen molar-refractivity contribution in [3.05, 3.63) is 57.1 Å². The first-order chi connectivity index (χ1) is 17.4. The van der Waals surface area contributed by atoms with Crippen molar-refractivity contribution in [3.8, 4) is 5.75 Å². The molecule has 1 N–H and O–H groups in total. The monoisotopic (exact) mass is 533 g/mol. The molecule has 2 aliphatic heterocycles. The average molecular weight is 534 g/mol. The minimum absolute atomic E-state index is 0.205. The quantitative estimate of drug-likeness (QED) is 0.552. The number of aryl methyl sites for hydroxylation is 3. The lowest BCUT2D eigenvalue weighted by atomic mass is 10.1. The minimum atomic E-state index is -0.240. The van der Waals surface area contributed by atoms with E-state index in [1.54, 1.807) is 27.6 Å². The average Bonchev–Trinajstić information content (AvgIpc) is 3.55. The third-order valence-corrected chi connectivity index (χ3v) is 7.33. The Hall–Kier alpha value is -2.66. The summed E-state index contributed by atoms with van der Waals surface area (Å²) in [5.41, 5.74) is 3.21. The van der Waals surface area contributed by atoms with Gasteiger partial charge in [-0.25, -0.2) is 0 Å². The van der Waals surface area contributed by atoms with Crippen LogP contribution in [-0.2, 0) is 37.9 Å². The Morgan fingerprint density at radius 2 is 2.11 bits per heavy atom. The number of ether oxygens (including phenoxy) is 2. The first-order valence-electron chi connectivity index (χ1n) is 12.1. The predicted molar refractivity (Wildman–Crippen MR) is 134 cm³/mol. The summed E-state index contributed by atoms with van der Waals surface area (Å²) in [5.74, 6) is 0.276. The maximum atomic E-state index is 13.2. The zero-order chi connectivity index (χ0) is 25.2. The smallest absolute Gasteiger partial charge is 0.251 e. The van der Waals surface area contributed by atoms with Crippen LogP contribution in [0.3, 0.4) is 0 Å². The number of carbonyl (C=O) groups excluding carboxylic acids is 1. The van der Waals surface area contributed by atoms with Gasteiger partial charge >= 0.3 is 0 Å². The van der Waals surface area contributed by atoms with E-state index in [-0.39, 0.29) is 18.1 Å². The van der Waals surface area contributed by atoms with Gasteiger partial charge in [-0.3, -0.25) is 19.1 Å². The Morgan fingerprint density at radius 1 is 1.25 bits per heavy atom. The van der Waals surface area contributed by atoms with Gasteiger partial charge in [-0.05, 0) is 24.6 Å². The summed E-state index contributed by atoms with van der Waals surface area (Å²) in [4.78, 5) is 15.4. The number of rotatable bonds is 3. The summed E-state index contributed by atoms with van der Waals surface area (Å²) in [6.07, 6.45) is 3.14. The fourth-order valence-corrected chi connectivity index (χ4v) is 5.05. The van der Waals surface area contributed by atoms with Crippen LogP contribution in [0.2, 0.25) is 10.2 Å². The van der Waals surface area contributed by atoms with Crippen LogP contribution in [0.15, 0.2) is 24.4 Å². The Bertz CT molecular complexity index is 1240. The van der Waals surface area contributed by atoms with Crippen LogP contribution in [0.4, 0.5) is 0 Å². The van der Waals surface area contributed by atoms with E-state index >= 15 is 0 Å². The van der Waals surface area contributed by atoms with Crippen LogP contribution in [-0.4, -0.2) is 67.4 Å². The molecule has 1 aromatic carbocycles. The number of fused-ring (bicyclic) bond motifs is 5. The van der Waals surface area contributed by atoms with Crippen LogP contribution in [0.25, 0.3) is 0 Å². The molecule has 1 fully saturated rings. The van der Waals surface area contributed by atoms with Gasteiger partial charge in [-0.2, -0.15) is 5.10 Å². The van der Waals surface area contributed by atoms with E-state index in [9.17, 15) is 4.79 Å². The maximum absolute atomic E-state index is 13.2. The molecule has 5 rings (SSSR count). The Labute approximate surface area is 219 Å². The Kier molecular flexibility index (Phi) is 7.47. The lowest BCUT2D eigenvalue weighted by molar-refractivity contribution is 0.0293. The van der Waals surface area contributed by atoms with Crippen LogP contribution >= 0.6 is 23.2 Å². The van der Waals surface area contributed by atoms with Crippen molar-refractivity contribution in [2.45, 2.75) is 51.6 Å². The van der Waals surface area contributed by atoms with Crippen molar-refractivity contribution < 1.29 is 14.3 Å². The number of nitrogens with one attached hydrogen (secondary N) is 1. The van der Waals surface area contributed by atoms with Gasteiger partial charge in [0.15, 0.2) is 0 Å². The van der Waals surface area contributed by atoms with E-state index in [1.165, 1.54) is 0 Å². The maximum Gasteiger partial charge on any atom is 0.251 e. The predicted octanol–water partition coefficient (Wildman–Crippen LogP) is 2.86. The molecular formula is C24H29Cl2N7O3. The van der Waals surface area contributed by atoms with Gasteiger partial charge in [0.1, 0.15) is 16.6 Å². The second-order valence-corrected chi connectivity index (χ2v) is 9.90. The molecule has 3 aromatic rings. The topological polar surface area (TPSA) is 99.3 Å². The van der Waals surface area contributed by atoms with E-state index in [1.807, 2.05) is 13.2 Å². The standard InChI is InChI=1S/C24H29Cl2N7O3/c1-3-19-17(23(26)31(2)29-19)11-32-12-20-22(13-32)36-14-16-10-33(30-28-16)7-4-8-35-21-9-15(24(34)27-20)5-6-18(21)25/h5-6,9-10,20,22H,3-4,7-8,11-14H2,1-2H3,(H,27,34)/t20-,22-/m0/s1. The van der Waals surface area contributed by atoms with Gasteiger partial charge in [0.05, 0.1) is 42.3 Å². The molecule has 36 heavy (non-hydrogen) atoms. The second-order valence-electron chi connectivity index (χ2n) is 9.14. The zero-order valence-corrected chi connectivity index (χ0v) is 21.8. The van der Waals surface area contributed by atoms with Gasteiger partial charge in [-0.1, -0.05) is 35.3 Å². The molecule has 4 bridgehead atoms. The minimum Gasteiger partial charge on any atom is -0.492 e. The SMILES string of the molecule is CCc1nn(C)c(Cl)c1CN1C[C@@H]2NC(=O)c3ccc(Cl)c(c3)OCCCn3cc(nn3)CO[C@H]2C1. The van der Waals surface area contributed by atoms with Crippen LogP contribution in [0, 0.1) is 0 Å². The van der Waals surface area contributed by atoms with Gasteiger partial charge in [0.25, 0.3) is 5.91 Å². The molecule has 12 heteroatoms. The third kappa shape index (κ3) is 5.36. The number of aromatic nitrogens is 5. The molecule has 192 valence electrons. The molecule has 10 nitrogen and oxygen atoms in total. The van der Waals surface area contributed by atoms with E-state index < -0.39 is 0 Å². The fraction of sp³-hybridized carbons (Fsp3) is 0.500.